The summed E-state index contributed by atoms with van der Waals surface area (Å²) in [5, 5.41) is 2.50. The molecule has 2 rings (SSSR count). The van der Waals surface area contributed by atoms with Crippen LogP contribution in [0.1, 0.15) is 40.2 Å². The molecule has 1 nitrogen and oxygen atoms in total. The number of ketones is 1. The molecule has 0 N–H and O–H groups in total. The summed E-state index contributed by atoms with van der Waals surface area (Å²) in [6.07, 6.45) is 1.04. The van der Waals surface area contributed by atoms with Crippen LogP contribution < -0.4 is 0 Å². The number of halogens is 1. The van der Waals surface area contributed by atoms with Gasteiger partial charge in [0.25, 0.3) is 0 Å². The minimum Gasteiger partial charge on any atom is -0.288 e. The van der Waals surface area contributed by atoms with Gasteiger partial charge in [0.05, 0.1) is 9.90 Å². The van der Waals surface area contributed by atoms with E-state index in [-0.39, 0.29) is 5.78 Å². The number of thiophene rings is 1. The van der Waals surface area contributed by atoms with Gasteiger partial charge in [-0.15, -0.1) is 11.3 Å². The number of hydrogen-bond donors (Lipinski definition) is 0. The van der Waals surface area contributed by atoms with Crippen LogP contribution in [0.25, 0.3) is 0 Å². The molecule has 0 fully saturated rings. The van der Waals surface area contributed by atoms with E-state index in [9.17, 15) is 4.79 Å². The van der Waals surface area contributed by atoms with E-state index in [0.717, 1.165) is 12.0 Å². The van der Waals surface area contributed by atoms with Gasteiger partial charge in [0.2, 0.25) is 5.78 Å². The molecule has 0 radical (unpaired) electrons. The minimum atomic E-state index is 0.0131. The summed E-state index contributed by atoms with van der Waals surface area (Å²) < 4.78 is 0. The van der Waals surface area contributed by atoms with Crippen LogP contribution in [-0.4, -0.2) is 5.78 Å². The third kappa shape index (κ3) is 3.26. The molecule has 0 spiro atoms. The van der Waals surface area contributed by atoms with Crippen LogP contribution in [0.2, 0.25) is 5.02 Å². The Labute approximate surface area is 123 Å². The zero-order chi connectivity index (χ0) is 14.0. The average Bonchev–Trinajstić information content (AvgIpc) is 2.69. The molecule has 1 aromatic carbocycles. The summed E-state index contributed by atoms with van der Waals surface area (Å²) in [6.45, 7) is 6.29. The van der Waals surface area contributed by atoms with Crippen molar-refractivity contribution < 1.29 is 4.79 Å². The highest BCUT2D eigenvalue weighted by Gasteiger charge is 2.16. The van der Waals surface area contributed by atoms with Crippen LogP contribution >= 0.6 is 22.9 Å². The molecule has 3 heteroatoms. The normalized spacial score (nSPS) is 11.0. The Hall–Kier alpha value is -1.12. The first kappa shape index (κ1) is 14.3. The zero-order valence-electron chi connectivity index (χ0n) is 11.4. The van der Waals surface area contributed by atoms with Crippen molar-refractivity contribution >= 4 is 28.7 Å². The summed E-state index contributed by atoms with van der Waals surface area (Å²) >= 11 is 7.56. The van der Waals surface area contributed by atoms with E-state index in [1.165, 1.54) is 16.9 Å². The molecule has 1 aromatic heterocycles. The van der Waals surface area contributed by atoms with Crippen molar-refractivity contribution in [2.75, 3.05) is 0 Å². The Kier molecular flexibility index (Phi) is 4.43. The molecule has 0 saturated carbocycles. The lowest BCUT2D eigenvalue weighted by molar-refractivity contribution is 0.104. The Balaban J connectivity index is 2.23. The molecule has 0 saturated heterocycles. The summed E-state index contributed by atoms with van der Waals surface area (Å²) in [5.74, 6) is 0.634. The molecule has 1 heterocycles. The van der Waals surface area contributed by atoms with Crippen molar-refractivity contribution in [2.45, 2.75) is 27.2 Å². The summed E-state index contributed by atoms with van der Waals surface area (Å²) in [6, 6.07) is 7.85. The van der Waals surface area contributed by atoms with E-state index in [2.05, 4.69) is 13.8 Å². The van der Waals surface area contributed by atoms with Crippen LogP contribution in [0, 0.1) is 12.8 Å². The van der Waals surface area contributed by atoms with Gasteiger partial charge in [-0.1, -0.05) is 49.7 Å². The molecule has 0 amide bonds. The highest BCUT2D eigenvalue weighted by Crippen LogP contribution is 2.29. The van der Waals surface area contributed by atoms with Crippen LogP contribution in [0.3, 0.4) is 0 Å². The van der Waals surface area contributed by atoms with Crippen molar-refractivity contribution in [1.29, 1.82) is 0 Å². The number of hydrogen-bond acceptors (Lipinski definition) is 2. The van der Waals surface area contributed by atoms with Gasteiger partial charge < -0.3 is 0 Å². The van der Waals surface area contributed by atoms with Crippen molar-refractivity contribution in [3.8, 4) is 0 Å². The number of aryl methyl sites for hydroxylation is 1. The fourth-order valence-corrected chi connectivity index (χ4v) is 3.22. The van der Waals surface area contributed by atoms with E-state index in [1.54, 1.807) is 0 Å². The average molecular weight is 293 g/mol. The standard InChI is InChI=1S/C16H17ClOS/c1-10(2)8-12-4-6-13(7-5-12)15(18)16-14(17)11(3)9-19-16/h4-7,9-10H,8H2,1-3H3. The second-order valence-electron chi connectivity index (χ2n) is 5.19. The van der Waals surface area contributed by atoms with E-state index in [4.69, 9.17) is 11.6 Å². The van der Waals surface area contributed by atoms with Crippen LogP contribution in [0.15, 0.2) is 29.6 Å². The third-order valence-corrected chi connectivity index (χ3v) is 4.66. The van der Waals surface area contributed by atoms with Gasteiger partial charge in [0.1, 0.15) is 0 Å². The van der Waals surface area contributed by atoms with Crippen molar-refractivity contribution in [3.63, 3.8) is 0 Å². The molecule has 0 aliphatic rings. The van der Waals surface area contributed by atoms with Crippen LogP contribution in [0.4, 0.5) is 0 Å². The van der Waals surface area contributed by atoms with Gasteiger partial charge in [-0.3, -0.25) is 4.79 Å². The quantitative estimate of drug-likeness (QED) is 0.713. The first-order chi connectivity index (χ1) is 8.99. The van der Waals surface area contributed by atoms with Gasteiger partial charge in [-0.05, 0) is 35.8 Å². The van der Waals surface area contributed by atoms with Crippen LogP contribution in [-0.2, 0) is 6.42 Å². The topological polar surface area (TPSA) is 17.1 Å². The molecule has 19 heavy (non-hydrogen) atoms. The predicted molar refractivity (Wildman–Crippen MR) is 82.5 cm³/mol. The summed E-state index contributed by atoms with van der Waals surface area (Å²) in [7, 11) is 0. The molecule has 0 unspecified atom stereocenters. The first-order valence-corrected chi connectivity index (χ1v) is 7.62. The Bertz CT molecular complexity index is 581. The molecule has 100 valence electrons. The molecular weight excluding hydrogens is 276 g/mol. The van der Waals surface area contributed by atoms with Gasteiger partial charge >= 0.3 is 0 Å². The maximum Gasteiger partial charge on any atom is 0.204 e. The fraction of sp³-hybridized carbons (Fsp3) is 0.312. The summed E-state index contributed by atoms with van der Waals surface area (Å²) in [5.41, 5.74) is 2.93. The number of carbonyl (C=O) groups is 1. The maximum atomic E-state index is 12.3. The van der Waals surface area contributed by atoms with Gasteiger partial charge in [-0.2, -0.15) is 0 Å². The predicted octanol–water partition coefficient (Wildman–Crippen LogP) is 5.14. The Morgan fingerprint density at radius 1 is 1.26 bits per heavy atom. The van der Waals surface area contributed by atoms with Crippen LogP contribution in [0.5, 0.6) is 0 Å². The van der Waals surface area contributed by atoms with E-state index < -0.39 is 0 Å². The van der Waals surface area contributed by atoms with E-state index in [1.807, 2.05) is 36.6 Å². The second-order valence-corrected chi connectivity index (χ2v) is 6.44. The Morgan fingerprint density at radius 2 is 1.89 bits per heavy atom. The van der Waals surface area contributed by atoms with E-state index in [0.29, 0.717) is 21.4 Å². The lowest BCUT2D eigenvalue weighted by Gasteiger charge is -2.06. The smallest absolute Gasteiger partial charge is 0.204 e. The summed E-state index contributed by atoms with van der Waals surface area (Å²) in [4.78, 5) is 13.0. The van der Waals surface area contributed by atoms with Crippen molar-refractivity contribution in [2.24, 2.45) is 5.92 Å². The van der Waals surface area contributed by atoms with Gasteiger partial charge in [0.15, 0.2) is 0 Å². The molecule has 0 aliphatic heterocycles. The maximum absolute atomic E-state index is 12.3. The van der Waals surface area contributed by atoms with Crippen molar-refractivity contribution in [3.05, 3.63) is 56.2 Å². The number of carbonyl (C=O) groups excluding carboxylic acids is 1. The fourth-order valence-electron chi connectivity index (χ4n) is 1.98. The SMILES string of the molecule is Cc1csc(C(=O)c2ccc(CC(C)C)cc2)c1Cl. The minimum absolute atomic E-state index is 0.0131. The zero-order valence-corrected chi connectivity index (χ0v) is 12.9. The van der Waals surface area contributed by atoms with Gasteiger partial charge in [-0.25, -0.2) is 0 Å². The number of rotatable bonds is 4. The molecular formula is C16H17ClOS. The lowest BCUT2D eigenvalue weighted by Crippen LogP contribution is -2.00. The third-order valence-electron chi connectivity index (χ3n) is 2.97. The monoisotopic (exact) mass is 292 g/mol. The highest BCUT2D eigenvalue weighted by atomic mass is 35.5. The first-order valence-electron chi connectivity index (χ1n) is 6.36. The van der Waals surface area contributed by atoms with Crippen molar-refractivity contribution in [1.82, 2.24) is 0 Å². The van der Waals surface area contributed by atoms with Gasteiger partial charge in [0, 0.05) is 5.56 Å². The molecule has 0 bridgehead atoms. The lowest BCUT2D eigenvalue weighted by atomic mass is 10.0. The van der Waals surface area contributed by atoms with E-state index >= 15 is 0 Å². The number of benzene rings is 1. The molecule has 2 aromatic rings. The molecule has 0 aliphatic carbocycles. The Morgan fingerprint density at radius 3 is 2.37 bits per heavy atom. The highest BCUT2D eigenvalue weighted by molar-refractivity contribution is 7.13. The second kappa shape index (κ2) is 5.89. The molecule has 0 atom stereocenters. The largest absolute Gasteiger partial charge is 0.288 e.